The van der Waals surface area contributed by atoms with Crippen LogP contribution < -0.4 is 9.64 Å². The normalized spacial score (nSPS) is 13.9. The lowest BCUT2D eigenvalue weighted by Crippen LogP contribution is -2.31. The molecule has 1 aliphatic rings. The van der Waals surface area contributed by atoms with E-state index in [1.807, 2.05) is 12.1 Å². The molecule has 3 rings (SSSR count). The number of terminal acetylenes is 1. The Labute approximate surface area is 150 Å². The van der Waals surface area contributed by atoms with Crippen molar-refractivity contribution in [3.63, 3.8) is 0 Å². The number of carbonyl (C=O) groups excluding carboxylic acids is 1. The molecule has 2 aromatic rings. The number of rotatable bonds is 4. The summed E-state index contributed by atoms with van der Waals surface area (Å²) in [6.45, 7) is 1.47. The number of hydrogen-bond donors (Lipinski definition) is 0. The molecule has 0 radical (unpaired) electrons. The second-order valence-corrected chi connectivity index (χ2v) is 5.98. The molecule has 128 valence electrons. The van der Waals surface area contributed by atoms with Gasteiger partial charge in [0.1, 0.15) is 11.6 Å². The van der Waals surface area contributed by atoms with Gasteiger partial charge in [0.2, 0.25) is 0 Å². The van der Waals surface area contributed by atoms with Crippen LogP contribution in [-0.2, 0) is 0 Å². The van der Waals surface area contributed by atoms with Crippen molar-refractivity contribution in [2.45, 2.75) is 0 Å². The molecule has 0 aromatic heterocycles. The monoisotopic (exact) mass is 358 g/mol. The number of carbonyl (C=O) groups is 1. The first-order chi connectivity index (χ1) is 12.0. The Morgan fingerprint density at radius 2 is 2.00 bits per heavy atom. The third-order valence-electron chi connectivity index (χ3n) is 4.08. The highest BCUT2D eigenvalue weighted by Crippen LogP contribution is 2.37. The first-order valence-corrected chi connectivity index (χ1v) is 8.06. The molecule has 1 heterocycles. The van der Waals surface area contributed by atoms with Crippen molar-refractivity contribution in [2.75, 3.05) is 31.6 Å². The molecule has 4 nitrogen and oxygen atoms in total. The van der Waals surface area contributed by atoms with Gasteiger partial charge in [0.25, 0.3) is 0 Å². The number of amides is 2. The largest absolute Gasteiger partial charge is 0.495 e. The van der Waals surface area contributed by atoms with E-state index in [0.717, 1.165) is 11.3 Å². The van der Waals surface area contributed by atoms with E-state index < -0.39 is 5.82 Å². The zero-order valence-corrected chi connectivity index (χ0v) is 14.4. The number of urea groups is 1. The maximum absolute atomic E-state index is 13.7. The first-order valence-electron chi connectivity index (χ1n) is 7.68. The minimum atomic E-state index is -0.440. The standard InChI is InChI=1S/C19H16ClFN2O2/c1-3-8-22-9-10-23(19(22)24)15-6-4-13(5-7-15)16-11-14(21)12-17(20)18(16)25-2/h1,4-7,11-12H,8-10H2,2H3. The summed E-state index contributed by atoms with van der Waals surface area (Å²) < 4.78 is 19.0. The lowest BCUT2D eigenvalue weighted by molar-refractivity contribution is 0.225. The summed E-state index contributed by atoms with van der Waals surface area (Å²) in [5.74, 6) is 2.45. The van der Waals surface area contributed by atoms with Gasteiger partial charge >= 0.3 is 6.03 Å². The van der Waals surface area contributed by atoms with Crippen LogP contribution in [0.1, 0.15) is 0 Å². The summed E-state index contributed by atoms with van der Waals surface area (Å²) in [5.41, 5.74) is 2.06. The summed E-state index contributed by atoms with van der Waals surface area (Å²) in [6.07, 6.45) is 5.27. The molecular weight excluding hydrogens is 343 g/mol. The van der Waals surface area contributed by atoms with Crippen LogP contribution in [-0.4, -0.2) is 37.7 Å². The van der Waals surface area contributed by atoms with E-state index >= 15 is 0 Å². The molecule has 0 spiro atoms. The van der Waals surface area contributed by atoms with Crippen LogP contribution in [0.4, 0.5) is 14.9 Å². The van der Waals surface area contributed by atoms with Crippen LogP contribution in [0.25, 0.3) is 11.1 Å². The van der Waals surface area contributed by atoms with Crippen molar-refractivity contribution in [3.8, 4) is 29.2 Å². The van der Waals surface area contributed by atoms with Crippen molar-refractivity contribution in [3.05, 3.63) is 47.2 Å². The van der Waals surface area contributed by atoms with E-state index in [9.17, 15) is 9.18 Å². The van der Waals surface area contributed by atoms with Gasteiger partial charge in [-0.25, -0.2) is 9.18 Å². The Kier molecular flexibility index (Phi) is 4.82. The molecule has 0 atom stereocenters. The lowest BCUT2D eigenvalue weighted by atomic mass is 10.0. The van der Waals surface area contributed by atoms with E-state index in [0.29, 0.717) is 30.9 Å². The molecule has 0 aliphatic carbocycles. The van der Waals surface area contributed by atoms with Gasteiger partial charge in [-0.1, -0.05) is 29.7 Å². The van der Waals surface area contributed by atoms with Gasteiger partial charge in [0.15, 0.2) is 0 Å². The number of ether oxygens (including phenoxy) is 1. The maximum Gasteiger partial charge on any atom is 0.325 e. The van der Waals surface area contributed by atoms with Crippen LogP contribution in [0.2, 0.25) is 5.02 Å². The van der Waals surface area contributed by atoms with Gasteiger partial charge < -0.3 is 9.64 Å². The number of hydrogen-bond acceptors (Lipinski definition) is 2. The molecule has 0 unspecified atom stereocenters. The van der Waals surface area contributed by atoms with E-state index in [2.05, 4.69) is 5.92 Å². The highest BCUT2D eigenvalue weighted by Gasteiger charge is 2.28. The molecule has 0 saturated carbocycles. The van der Waals surface area contributed by atoms with Gasteiger partial charge in [-0.3, -0.25) is 4.90 Å². The molecule has 25 heavy (non-hydrogen) atoms. The molecular formula is C19H16ClFN2O2. The molecule has 1 fully saturated rings. The molecule has 6 heteroatoms. The van der Waals surface area contributed by atoms with E-state index in [4.69, 9.17) is 22.8 Å². The third-order valence-corrected chi connectivity index (χ3v) is 4.36. The molecule has 0 bridgehead atoms. The highest BCUT2D eigenvalue weighted by molar-refractivity contribution is 6.32. The number of methoxy groups -OCH3 is 1. The molecule has 0 N–H and O–H groups in total. The maximum atomic E-state index is 13.7. The SMILES string of the molecule is C#CCN1CCN(c2ccc(-c3cc(F)cc(Cl)c3OC)cc2)C1=O. The minimum absolute atomic E-state index is 0.114. The Hall–Kier alpha value is -2.71. The summed E-state index contributed by atoms with van der Waals surface area (Å²) >= 11 is 6.04. The third kappa shape index (κ3) is 3.26. The number of anilines is 1. The average molecular weight is 359 g/mol. The summed E-state index contributed by atoms with van der Waals surface area (Å²) in [4.78, 5) is 15.6. The van der Waals surface area contributed by atoms with Gasteiger partial charge in [-0.05, 0) is 29.8 Å². The van der Waals surface area contributed by atoms with Crippen molar-refractivity contribution in [1.29, 1.82) is 0 Å². The number of benzene rings is 2. The molecule has 2 aromatic carbocycles. The zero-order chi connectivity index (χ0) is 18.0. The van der Waals surface area contributed by atoms with Gasteiger partial charge in [0, 0.05) is 24.3 Å². The second kappa shape index (κ2) is 7.04. The van der Waals surface area contributed by atoms with Crippen molar-refractivity contribution >= 4 is 23.3 Å². The predicted octanol–water partition coefficient (Wildman–Crippen LogP) is 4.03. The fourth-order valence-corrected chi connectivity index (χ4v) is 3.17. The van der Waals surface area contributed by atoms with E-state index in [-0.39, 0.29) is 11.1 Å². The minimum Gasteiger partial charge on any atom is -0.495 e. The molecule has 2 amide bonds. The topological polar surface area (TPSA) is 32.8 Å². The van der Waals surface area contributed by atoms with Crippen LogP contribution in [0.15, 0.2) is 36.4 Å². The number of halogens is 2. The predicted molar refractivity (Wildman–Crippen MR) is 96.5 cm³/mol. The summed E-state index contributed by atoms with van der Waals surface area (Å²) in [6, 6.07) is 9.70. The smallest absolute Gasteiger partial charge is 0.325 e. The summed E-state index contributed by atoms with van der Waals surface area (Å²) in [7, 11) is 1.49. The zero-order valence-electron chi connectivity index (χ0n) is 13.6. The van der Waals surface area contributed by atoms with Crippen LogP contribution in [0.5, 0.6) is 5.75 Å². The molecule has 1 aliphatic heterocycles. The Morgan fingerprint density at radius 3 is 2.64 bits per heavy atom. The fourth-order valence-electron chi connectivity index (χ4n) is 2.88. The van der Waals surface area contributed by atoms with E-state index in [1.165, 1.54) is 19.2 Å². The number of nitrogens with zero attached hydrogens (tertiary/aromatic N) is 2. The van der Waals surface area contributed by atoms with E-state index in [1.54, 1.807) is 21.9 Å². The van der Waals surface area contributed by atoms with Crippen LogP contribution in [0.3, 0.4) is 0 Å². The Morgan fingerprint density at radius 1 is 1.28 bits per heavy atom. The van der Waals surface area contributed by atoms with Crippen LogP contribution in [0, 0.1) is 18.2 Å². The Balaban J connectivity index is 1.90. The quantitative estimate of drug-likeness (QED) is 0.773. The second-order valence-electron chi connectivity index (χ2n) is 5.58. The van der Waals surface area contributed by atoms with Crippen molar-refractivity contribution in [1.82, 2.24) is 4.90 Å². The van der Waals surface area contributed by atoms with Gasteiger partial charge in [-0.2, -0.15) is 0 Å². The highest BCUT2D eigenvalue weighted by atomic mass is 35.5. The van der Waals surface area contributed by atoms with Crippen LogP contribution >= 0.6 is 11.6 Å². The average Bonchev–Trinajstić information content (AvgIpc) is 2.96. The first kappa shape index (κ1) is 17.1. The van der Waals surface area contributed by atoms with Gasteiger partial charge in [-0.15, -0.1) is 6.42 Å². The van der Waals surface area contributed by atoms with Crippen molar-refractivity contribution < 1.29 is 13.9 Å². The lowest BCUT2D eigenvalue weighted by Gasteiger charge is -2.18. The fraction of sp³-hybridized carbons (Fsp3) is 0.211. The Bertz CT molecular complexity index is 846. The van der Waals surface area contributed by atoms with Crippen molar-refractivity contribution in [2.24, 2.45) is 0 Å². The molecule has 1 saturated heterocycles. The summed E-state index contributed by atoms with van der Waals surface area (Å²) in [5, 5.41) is 0.209. The van der Waals surface area contributed by atoms with Gasteiger partial charge in [0.05, 0.1) is 18.7 Å².